The van der Waals surface area contributed by atoms with Crippen LogP contribution in [-0.4, -0.2) is 31.6 Å². The Morgan fingerprint density at radius 2 is 1.50 bits per heavy atom. The van der Waals surface area contributed by atoms with E-state index in [9.17, 15) is 9.59 Å². The van der Waals surface area contributed by atoms with Crippen LogP contribution in [0.25, 0.3) is 22.4 Å². The largest absolute Gasteiger partial charge is 0.326 e. The second kappa shape index (κ2) is 10.3. The summed E-state index contributed by atoms with van der Waals surface area (Å²) in [5.41, 5.74) is 1.87. The molecule has 7 rings (SSSR count). The number of hydrogen-bond acceptors (Lipinski definition) is 5. The maximum Gasteiger partial charge on any atom is 0.279 e. The molecule has 2 saturated carbocycles. The van der Waals surface area contributed by atoms with Gasteiger partial charge in [-0.05, 0) is 56.1 Å². The van der Waals surface area contributed by atoms with Crippen molar-refractivity contribution in [2.24, 2.45) is 11.8 Å². The van der Waals surface area contributed by atoms with E-state index in [2.05, 4.69) is 20.3 Å². The number of aromatic nitrogens is 4. The van der Waals surface area contributed by atoms with Crippen molar-refractivity contribution in [3.8, 4) is 11.4 Å². The normalized spacial score (nSPS) is 29.3. The van der Waals surface area contributed by atoms with Gasteiger partial charge in [-0.25, -0.2) is 9.97 Å². The fourth-order valence-corrected chi connectivity index (χ4v) is 7.22. The van der Waals surface area contributed by atoms with Gasteiger partial charge in [-0.15, -0.1) is 0 Å². The van der Waals surface area contributed by atoms with Crippen LogP contribution in [0, 0.1) is 11.8 Å². The molecule has 36 heavy (non-hydrogen) atoms. The molecule has 0 amide bonds. The highest BCUT2D eigenvalue weighted by molar-refractivity contribution is 5.77. The van der Waals surface area contributed by atoms with Gasteiger partial charge in [0.15, 0.2) is 5.69 Å². The van der Waals surface area contributed by atoms with Crippen molar-refractivity contribution in [1.82, 2.24) is 24.8 Å². The van der Waals surface area contributed by atoms with Crippen LogP contribution in [0.2, 0.25) is 0 Å². The average molecular weight is 488 g/mol. The van der Waals surface area contributed by atoms with Crippen molar-refractivity contribution in [1.29, 1.82) is 0 Å². The standard InChI is InChI=1S/C20H21N5O2.C9H16/c26-18-11-21-16(10-22-18)19-20(27)25(17-7-2-1-6-15(17)24-19)14-8-12-4-3-5-13(9-14)23-12;1-3-8-5-2-6-9(4-1)7-8/h1-2,6-7,10-14,23H,3-5,8-9H2,(H,22,26);8-9H,1-7H2. The number of aromatic amines is 1. The number of hydrogen-bond donors (Lipinski definition) is 2. The van der Waals surface area contributed by atoms with Crippen molar-refractivity contribution in [2.75, 3.05) is 0 Å². The zero-order valence-electron chi connectivity index (χ0n) is 21.0. The molecule has 4 fully saturated rings. The third kappa shape index (κ3) is 4.90. The molecule has 1 aromatic carbocycles. The first kappa shape index (κ1) is 23.6. The van der Waals surface area contributed by atoms with Gasteiger partial charge < -0.3 is 14.9 Å². The molecule has 4 bridgehead atoms. The van der Waals surface area contributed by atoms with Gasteiger partial charge in [0.05, 0.1) is 17.2 Å². The lowest BCUT2D eigenvalue weighted by atomic mass is 9.72. The first-order chi connectivity index (χ1) is 17.6. The summed E-state index contributed by atoms with van der Waals surface area (Å²) in [5, 5.41) is 3.69. The number of rotatable bonds is 2. The minimum Gasteiger partial charge on any atom is -0.326 e. The Balaban J connectivity index is 0.000000223. The molecule has 0 radical (unpaired) electrons. The number of H-pyrrole nitrogens is 1. The third-order valence-electron chi connectivity index (χ3n) is 8.88. The lowest BCUT2D eigenvalue weighted by molar-refractivity contribution is 0.189. The van der Waals surface area contributed by atoms with Crippen LogP contribution in [0.1, 0.15) is 83.1 Å². The molecular weight excluding hydrogens is 450 g/mol. The molecule has 2 N–H and O–H groups in total. The summed E-state index contributed by atoms with van der Waals surface area (Å²) in [6, 6.07) is 8.83. The summed E-state index contributed by atoms with van der Waals surface area (Å²) in [6.45, 7) is 0. The maximum absolute atomic E-state index is 13.4. The molecule has 2 aromatic heterocycles. The Morgan fingerprint density at radius 3 is 2.14 bits per heavy atom. The SMILES string of the molecule is C1CC2CCCC(C1)C2.O=c1cnc(-c2nc3ccccc3n(C3CC4CCCC(C3)N4)c2=O)c[nH]1. The Kier molecular flexibility index (Phi) is 6.74. The molecule has 2 unspecified atom stereocenters. The van der Waals surface area contributed by atoms with E-state index in [1.807, 2.05) is 28.8 Å². The Hall–Kier alpha value is -2.80. The number of para-hydroxylation sites is 2. The predicted molar refractivity (Wildman–Crippen MR) is 142 cm³/mol. The summed E-state index contributed by atoms with van der Waals surface area (Å²) in [6.07, 6.45) is 19.0. The Labute approximate surface area is 211 Å². The quantitative estimate of drug-likeness (QED) is 0.532. The summed E-state index contributed by atoms with van der Waals surface area (Å²) in [7, 11) is 0. The molecule has 7 heteroatoms. The predicted octanol–water partition coefficient (Wildman–Crippen LogP) is 4.97. The van der Waals surface area contributed by atoms with Gasteiger partial charge in [0.2, 0.25) is 0 Å². The van der Waals surface area contributed by atoms with E-state index in [-0.39, 0.29) is 22.9 Å². The zero-order chi connectivity index (χ0) is 24.5. The van der Waals surface area contributed by atoms with E-state index in [1.165, 1.54) is 44.5 Å². The van der Waals surface area contributed by atoms with E-state index >= 15 is 0 Å². The van der Waals surface area contributed by atoms with Crippen molar-refractivity contribution in [3.05, 3.63) is 57.4 Å². The summed E-state index contributed by atoms with van der Waals surface area (Å²) in [5.74, 6) is 2.30. The fourth-order valence-electron chi connectivity index (χ4n) is 7.22. The molecular formula is C29H37N5O2. The summed E-state index contributed by atoms with van der Waals surface area (Å²) in [4.78, 5) is 36.1. The number of nitrogens with zero attached hydrogens (tertiary/aromatic N) is 3. The topological polar surface area (TPSA) is 92.7 Å². The Morgan fingerprint density at radius 1 is 0.833 bits per heavy atom. The number of piperidine rings is 2. The molecule has 2 aliphatic carbocycles. The van der Waals surface area contributed by atoms with Crippen LogP contribution in [0.5, 0.6) is 0 Å². The van der Waals surface area contributed by atoms with Crippen molar-refractivity contribution in [3.63, 3.8) is 0 Å². The molecule has 0 spiro atoms. The van der Waals surface area contributed by atoms with Crippen LogP contribution < -0.4 is 16.4 Å². The van der Waals surface area contributed by atoms with E-state index in [4.69, 9.17) is 0 Å². The van der Waals surface area contributed by atoms with Gasteiger partial charge in [0, 0.05) is 24.3 Å². The fraction of sp³-hybridized carbons (Fsp3) is 0.586. The van der Waals surface area contributed by atoms with Gasteiger partial charge in [-0.3, -0.25) is 9.59 Å². The van der Waals surface area contributed by atoms with Crippen LogP contribution in [-0.2, 0) is 0 Å². The molecule has 4 aliphatic rings. The van der Waals surface area contributed by atoms with Crippen LogP contribution in [0.3, 0.4) is 0 Å². The van der Waals surface area contributed by atoms with E-state index in [0.29, 0.717) is 17.8 Å². The number of benzene rings is 1. The maximum atomic E-state index is 13.4. The molecule has 2 saturated heterocycles. The number of nitrogens with one attached hydrogen (secondary N) is 2. The van der Waals surface area contributed by atoms with Crippen molar-refractivity contribution in [2.45, 2.75) is 95.2 Å². The van der Waals surface area contributed by atoms with Crippen molar-refractivity contribution < 1.29 is 0 Å². The van der Waals surface area contributed by atoms with Gasteiger partial charge in [0.1, 0.15) is 5.69 Å². The lowest BCUT2D eigenvalue weighted by Gasteiger charge is -2.41. The third-order valence-corrected chi connectivity index (χ3v) is 8.88. The molecule has 3 aromatic rings. The average Bonchev–Trinajstić information content (AvgIpc) is 2.89. The highest BCUT2D eigenvalue weighted by Gasteiger charge is 2.33. The van der Waals surface area contributed by atoms with E-state index < -0.39 is 0 Å². The van der Waals surface area contributed by atoms with Crippen LogP contribution in [0.4, 0.5) is 0 Å². The summed E-state index contributed by atoms with van der Waals surface area (Å²) >= 11 is 0. The van der Waals surface area contributed by atoms with Gasteiger partial charge in [0.25, 0.3) is 11.1 Å². The highest BCUT2D eigenvalue weighted by Crippen LogP contribution is 2.39. The molecule has 190 valence electrons. The monoisotopic (exact) mass is 487 g/mol. The van der Waals surface area contributed by atoms with Gasteiger partial charge in [-0.1, -0.05) is 57.1 Å². The summed E-state index contributed by atoms with van der Waals surface area (Å²) < 4.78 is 1.91. The molecule has 4 heterocycles. The minimum atomic E-state index is -0.300. The minimum absolute atomic E-state index is 0.141. The lowest BCUT2D eigenvalue weighted by Crippen LogP contribution is -2.50. The number of fused-ring (bicyclic) bond motifs is 5. The first-order valence-electron chi connectivity index (χ1n) is 14.0. The highest BCUT2D eigenvalue weighted by atomic mass is 16.1. The smallest absolute Gasteiger partial charge is 0.279 e. The zero-order valence-corrected chi connectivity index (χ0v) is 21.0. The molecule has 2 aliphatic heterocycles. The van der Waals surface area contributed by atoms with E-state index in [0.717, 1.165) is 35.7 Å². The second-order valence-corrected chi connectivity index (χ2v) is 11.4. The molecule has 7 nitrogen and oxygen atoms in total. The van der Waals surface area contributed by atoms with Crippen LogP contribution >= 0.6 is 0 Å². The first-order valence-corrected chi connectivity index (χ1v) is 14.0. The van der Waals surface area contributed by atoms with Crippen molar-refractivity contribution >= 4 is 11.0 Å². The van der Waals surface area contributed by atoms with Crippen LogP contribution in [0.15, 0.2) is 46.2 Å². The Bertz CT molecular complexity index is 1280. The molecule has 2 atom stereocenters. The van der Waals surface area contributed by atoms with Gasteiger partial charge >= 0.3 is 0 Å². The van der Waals surface area contributed by atoms with Gasteiger partial charge in [-0.2, -0.15) is 0 Å². The van der Waals surface area contributed by atoms with E-state index in [1.54, 1.807) is 32.1 Å². The second-order valence-electron chi connectivity index (χ2n) is 11.4.